The number of hydrogen-bond acceptors (Lipinski definition) is 6. The number of carbonyl (C=O) groups excluding carboxylic acids is 4. The number of carbonyl (C=O) groups is 4. The molecule has 3 aliphatic heterocycles. The highest BCUT2D eigenvalue weighted by Gasteiger charge is 2.42. The van der Waals surface area contributed by atoms with Crippen LogP contribution in [0.1, 0.15) is 26.2 Å². The van der Waals surface area contributed by atoms with Crippen LogP contribution in [0.25, 0.3) is 0 Å². The van der Waals surface area contributed by atoms with Gasteiger partial charge in [-0.1, -0.05) is 23.9 Å². The Bertz CT molecular complexity index is 850. The van der Waals surface area contributed by atoms with Crippen molar-refractivity contribution in [1.82, 2.24) is 9.80 Å². The second kappa shape index (κ2) is 7.70. The molecule has 1 N–H and O–H groups in total. The Morgan fingerprint density at radius 1 is 1.17 bits per heavy atom. The summed E-state index contributed by atoms with van der Waals surface area (Å²) >= 11 is 0.984. The third-order valence-corrected chi connectivity index (χ3v) is 6.76. The predicted octanol–water partition coefficient (Wildman–Crippen LogP) is 1.91. The Labute approximate surface area is 173 Å². The van der Waals surface area contributed by atoms with E-state index in [1.54, 1.807) is 11.8 Å². The van der Waals surface area contributed by atoms with Crippen molar-refractivity contribution in [2.45, 2.75) is 31.7 Å². The number of piperidine rings is 1. The molecule has 2 saturated heterocycles. The molecule has 8 nitrogen and oxygen atoms in total. The van der Waals surface area contributed by atoms with Crippen LogP contribution in [0.3, 0.4) is 0 Å². The molecule has 0 atom stereocenters. The van der Waals surface area contributed by atoms with Crippen LogP contribution < -0.4 is 10.2 Å². The van der Waals surface area contributed by atoms with Crippen molar-refractivity contribution in [2.75, 3.05) is 42.1 Å². The van der Waals surface area contributed by atoms with Crippen LogP contribution in [0, 0.1) is 0 Å². The molecule has 9 heteroatoms. The Morgan fingerprint density at radius 2 is 1.90 bits per heavy atom. The summed E-state index contributed by atoms with van der Waals surface area (Å²) in [5, 5.41) is 3.34. The van der Waals surface area contributed by atoms with Gasteiger partial charge in [0.1, 0.15) is 0 Å². The second-order valence-corrected chi connectivity index (χ2v) is 8.68. The van der Waals surface area contributed by atoms with Gasteiger partial charge in [-0.25, -0.2) is 0 Å². The molecule has 4 rings (SSSR count). The molecule has 0 unspecified atom stereocenters. The number of imide groups is 1. The van der Waals surface area contributed by atoms with E-state index in [0.29, 0.717) is 19.6 Å². The molecule has 2 fully saturated rings. The molecule has 0 aromatic heterocycles. The summed E-state index contributed by atoms with van der Waals surface area (Å²) in [5.74, 6) is -0.0922. The van der Waals surface area contributed by atoms with Gasteiger partial charge in [0.2, 0.25) is 17.7 Å². The number of hydrogen-bond donors (Lipinski definition) is 1. The lowest BCUT2D eigenvalue weighted by molar-refractivity contribution is -0.133. The molecular weight excluding hydrogens is 392 g/mol. The minimum atomic E-state index is -0.269. The zero-order valence-electron chi connectivity index (χ0n) is 16.3. The van der Waals surface area contributed by atoms with Gasteiger partial charge in [-0.15, -0.1) is 0 Å². The summed E-state index contributed by atoms with van der Waals surface area (Å²) < 4.78 is 0. The number of nitrogens with one attached hydrogen (secondary N) is 1. The topological polar surface area (TPSA) is 90.0 Å². The van der Waals surface area contributed by atoms with E-state index in [2.05, 4.69) is 5.32 Å². The monoisotopic (exact) mass is 416 g/mol. The first kappa shape index (κ1) is 19.8. The van der Waals surface area contributed by atoms with Crippen LogP contribution in [0.2, 0.25) is 0 Å². The molecule has 0 aliphatic carbocycles. The normalized spacial score (nSPS) is 20.7. The second-order valence-electron chi connectivity index (χ2n) is 7.76. The third-order valence-electron chi connectivity index (χ3n) is 5.90. The standard InChI is InChI=1S/C20H24N4O4S/c1-14(25)24-13-20(21-15-4-2-3-5-16(15)24)7-10-22(11-8-20)17(26)6-9-23-18(27)12-29-19(23)28/h2-5,21H,6-13H2,1H3. The Hall–Kier alpha value is -2.55. The minimum Gasteiger partial charge on any atom is -0.376 e. The van der Waals surface area contributed by atoms with Gasteiger partial charge in [0.05, 0.1) is 22.7 Å². The van der Waals surface area contributed by atoms with Crippen molar-refractivity contribution < 1.29 is 19.2 Å². The number of anilines is 2. The molecule has 3 heterocycles. The average molecular weight is 417 g/mol. The molecule has 1 aromatic carbocycles. The number of benzene rings is 1. The smallest absolute Gasteiger partial charge is 0.288 e. The predicted molar refractivity (Wildman–Crippen MR) is 111 cm³/mol. The van der Waals surface area contributed by atoms with Crippen molar-refractivity contribution in [1.29, 1.82) is 0 Å². The van der Waals surface area contributed by atoms with E-state index in [0.717, 1.165) is 36.0 Å². The number of amides is 4. The average Bonchev–Trinajstić information content (AvgIpc) is 3.03. The maximum Gasteiger partial charge on any atom is 0.288 e. The van der Waals surface area contributed by atoms with E-state index < -0.39 is 0 Å². The van der Waals surface area contributed by atoms with Crippen LogP contribution in [0.4, 0.5) is 16.2 Å². The highest BCUT2D eigenvalue weighted by Crippen LogP contribution is 2.39. The van der Waals surface area contributed by atoms with Gasteiger partial charge in [0.25, 0.3) is 5.24 Å². The van der Waals surface area contributed by atoms with E-state index in [-0.39, 0.29) is 47.2 Å². The molecule has 1 aromatic rings. The molecule has 29 heavy (non-hydrogen) atoms. The van der Waals surface area contributed by atoms with Gasteiger partial charge < -0.3 is 15.1 Å². The molecular formula is C20H24N4O4S. The first-order chi connectivity index (χ1) is 13.9. The fourth-order valence-corrected chi connectivity index (χ4v) is 4.99. The lowest BCUT2D eigenvalue weighted by Crippen LogP contribution is -2.59. The van der Waals surface area contributed by atoms with E-state index in [1.807, 2.05) is 29.2 Å². The molecule has 0 saturated carbocycles. The molecule has 4 amide bonds. The molecule has 0 radical (unpaired) electrons. The summed E-state index contributed by atoms with van der Waals surface area (Å²) in [5.41, 5.74) is 1.58. The number of fused-ring (bicyclic) bond motifs is 1. The summed E-state index contributed by atoms with van der Waals surface area (Å²) in [6, 6.07) is 7.78. The van der Waals surface area contributed by atoms with E-state index in [1.165, 1.54) is 4.90 Å². The van der Waals surface area contributed by atoms with E-state index >= 15 is 0 Å². The molecule has 3 aliphatic rings. The lowest BCUT2D eigenvalue weighted by atomic mass is 9.84. The van der Waals surface area contributed by atoms with Crippen LogP contribution in [-0.2, 0) is 14.4 Å². The van der Waals surface area contributed by atoms with Crippen LogP contribution in [0.5, 0.6) is 0 Å². The van der Waals surface area contributed by atoms with Gasteiger partial charge in [-0.2, -0.15) is 0 Å². The Balaban J connectivity index is 1.37. The number of thioether (sulfide) groups is 1. The summed E-state index contributed by atoms with van der Waals surface area (Å²) in [4.78, 5) is 52.9. The van der Waals surface area contributed by atoms with E-state index in [9.17, 15) is 19.2 Å². The number of rotatable bonds is 3. The number of nitrogens with zero attached hydrogens (tertiary/aromatic N) is 3. The summed E-state index contributed by atoms with van der Waals surface area (Å²) in [7, 11) is 0. The highest BCUT2D eigenvalue weighted by molar-refractivity contribution is 8.14. The molecule has 1 spiro atoms. The first-order valence-corrected chi connectivity index (χ1v) is 10.8. The molecule has 154 valence electrons. The highest BCUT2D eigenvalue weighted by atomic mass is 32.2. The van der Waals surface area contributed by atoms with Crippen molar-refractivity contribution in [2.24, 2.45) is 0 Å². The largest absolute Gasteiger partial charge is 0.376 e. The van der Waals surface area contributed by atoms with Crippen LogP contribution in [-0.4, -0.2) is 70.2 Å². The van der Waals surface area contributed by atoms with Crippen molar-refractivity contribution in [3.8, 4) is 0 Å². The molecule has 0 bridgehead atoms. The Morgan fingerprint density at radius 3 is 2.55 bits per heavy atom. The van der Waals surface area contributed by atoms with Crippen LogP contribution in [0.15, 0.2) is 24.3 Å². The van der Waals surface area contributed by atoms with Gasteiger partial charge in [0, 0.05) is 39.5 Å². The fraction of sp³-hybridized carbons (Fsp3) is 0.500. The SMILES string of the molecule is CC(=O)N1CC2(CCN(C(=O)CCN3C(=O)CSC3=O)CC2)Nc2ccccc21. The Kier molecular flexibility index (Phi) is 5.24. The first-order valence-electron chi connectivity index (χ1n) is 9.79. The van der Waals surface area contributed by atoms with Gasteiger partial charge in [-0.05, 0) is 25.0 Å². The van der Waals surface area contributed by atoms with Gasteiger partial charge in [0.15, 0.2) is 0 Å². The minimum absolute atomic E-state index is 0.00893. The lowest BCUT2D eigenvalue weighted by Gasteiger charge is -2.49. The quantitative estimate of drug-likeness (QED) is 0.810. The van der Waals surface area contributed by atoms with Crippen molar-refractivity contribution >= 4 is 46.1 Å². The summed E-state index contributed by atoms with van der Waals surface area (Å²) in [6.45, 7) is 3.46. The van der Waals surface area contributed by atoms with Crippen molar-refractivity contribution in [3.63, 3.8) is 0 Å². The van der Waals surface area contributed by atoms with Crippen LogP contribution >= 0.6 is 11.8 Å². The van der Waals surface area contributed by atoms with E-state index in [4.69, 9.17) is 0 Å². The zero-order valence-corrected chi connectivity index (χ0v) is 17.2. The fourth-order valence-electron chi connectivity index (χ4n) is 4.24. The maximum absolute atomic E-state index is 12.6. The number of likely N-dealkylation sites (tertiary alicyclic amines) is 1. The number of para-hydroxylation sites is 2. The summed E-state index contributed by atoms with van der Waals surface area (Å²) in [6.07, 6.45) is 1.61. The maximum atomic E-state index is 12.6. The third kappa shape index (κ3) is 3.83. The zero-order chi connectivity index (χ0) is 20.6. The van der Waals surface area contributed by atoms with Crippen molar-refractivity contribution in [3.05, 3.63) is 24.3 Å². The van der Waals surface area contributed by atoms with Gasteiger partial charge in [-0.3, -0.25) is 24.1 Å². The van der Waals surface area contributed by atoms with Gasteiger partial charge >= 0.3 is 0 Å².